The molecule has 1 heterocycles. The van der Waals surface area contributed by atoms with E-state index in [1.165, 1.54) is 6.07 Å². The van der Waals surface area contributed by atoms with Crippen LogP contribution in [-0.2, 0) is 6.54 Å². The van der Waals surface area contributed by atoms with Crippen LogP contribution in [0.4, 0.5) is 0 Å². The molecule has 0 bridgehead atoms. The van der Waals surface area contributed by atoms with Gasteiger partial charge in [-0.3, -0.25) is 4.79 Å². The summed E-state index contributed by atoms with van der Waals surface area (Å²) in [6.45, 7) is 0.542. The van der Waals surface area contributed by atoms with Crippen LogP contribution >= 0.6 is 23.2 Å². The molecule has 1 aromatic heterocycles. The molecule has 1 unspecified atom stereocenters. The van der Waals surface area contributed by atoms with Crippen LogP contribution in [0.1, 0.15) is 22.8 Å². The molecule has 4 nitrogen and oxygen atoms in total. The summed E-state index contributed by atoms with van der Waals surface area (Å²) in [5, 5.41) is 11.3. The Balaban J connectivity index is 1.93. The minimum absolute atomic E-state index is 0.219. The quantitative estimate of drug-likeness (QED) is 0.707. The molecule has 0 radical (unpaired) electrons. The highest BCUT2D eigenvalue weighted by Crippen LogP contribution is 2.32. The Morgan fingerprint density at radius 2 is 1.73 bits per heavy atom. The van der Waals surface area contributed by atoms with Gasteiger partial charge in [-0.25, -0.2) is 0 Å². The number of methoxy groups -OCH3 is 1. The van der Waals surface area contributed by atoms with Crippen LogP contribution in [0.15, 0.2) is 65.7 Å². The largest absolute Gasteiger partial charge is 0.497 e. The molecule has 0 aliphatic carbocycles. The van der Waals surface area contributed by atoms with Crippen molar-refractivity contribution < 1.29 is 9.84 Å². The van der Waals surface area contributed by atoms with Crippen molar-refractivity contribution >= 4 is 23.2 Å². The molecule has 0 amide bonds. The Labute approximate surface area is 161 Å². The second-order valence-corrected chi connectivity index (χ2v) is 6.64. The SMILES string of the molecule is COc1ccc(Cn2ccc(=O)c(C(O)c3c(Cl)cccc3Cl)c2)cc1. The van der Waals surface area contributed by atoms with Crippen molar-refractivity contribution in [2.24, 2.45) is 0 Å². The van der Waals surface area contributed by atoms with Gasteiger partial charge in [0, 0.05) is 46.2 Å². The van der Waals surface area contributed by atoms with Crippen molar-refractivity contribution in [3.63, 3.8) is 0 Å². The molecule has 26 heavy (non-hydrogen) atoms. The van der Waals surface area contributed by atoms with Gasteiger partial charge in [-0.2, -0.15) is 0 Å². The van der Waals surface area contributed by atoms with Crippen molar-refractivity contribution in [1.82, 2.24) is 4.57 Å². The van der Waals surface area contributed by atoms with E-state index in [1.807, 2.05) is 28.8 Å². The number of hydrogen-bond acceptors (Lipinski definition) is 3. The first-order valence-corrected chi connectivity index (χ1v) is 8.70. The highest BCUT2D eigenvalue weighted by Gasteiger charge is 2.20. The standard InChI is InChI=1S/C20H17Cl2NO3/c1-26-14-7-5-13(6-8-14)11-23-10-9-18(24)15(12-23)20(25)19-16(21)3-2-4-17(19)22/h2-10,12,20,25H,11H2,1H3. The van der Waals surface area contributed by atoms with Gasteiger partial charge >= 0.3 is 0 Å². The average Bonchev–Trinajstić information content (AvgIpc) is 2.63. The van der Waals surface area contributed by atoms with E-state index >= 15 is 0 Å². The number of aliphatic hydroxyl groups is 1. The van der Waals surface area contributed by atoms with Gasteiger partial charge in [-0.15, -0.1) is 0 Å². The molecule has 0 aliphatic rings. The summed E-state index contributed by atoms with van der Waals surface area (Å²) >= 11 is 12.3. The van der Waals surface area contributed by atoms with Gasteiger partial charge in [-0.1, -0.05) is 41.4 Å². The Morgan fingerprint density at radius 1 is 1.08 bits per heavy atom. The van der Waals surface area contributed by atoms with E-state index in [-0.39, 0.29) is 11.0 Å². The van der Waals surface area contributed by atoms with Gasteiger partial charge in [0.15, 0.2) is 5.43 Å². The number of aromatic nitrogens is 1. The highest BCUT2D eigenvalue weighted by molar-refractivity contribution is 6.36. The van der Waals surface area contributed by atoms with E-state index in [2.05, 4.69) is 0 Å². The fraction of sp³-hybridized carbons (Fsp3) is 0.150. The number of pyridine rings is 1. The number of benzene rings is 2. The predicted octanol–water partition coefficient (Wildman–Crippen LogP) is 4.29. The first kappa shape index (κ1) is 18.5. The lowest BCUT2D eigenvalue weighted by atomic mass is 10.0. The molecule has 3 rings (SSSR count). The Morgan fingerprint density at radius 3 is 2.35 bits per heavy atom. The van der Waals surface area contributed by atoms with E-state index < -0.39 is 6.10 Å². The zero-order valence-corrected chi connectivity index (χ0v) is 15.5. The van der Waals surface area contributed by atoms with Gasteiger partial charge < -0.3 is 14.4 Å². The average molecular weight is 390 g/mol. The monoisotopic (exact) mass is 389 g/mol. The van der Waals surface area contributed by atoms with Crippen LogP contribution in [0, 0.1) is 0 Å². The molecule has 0 fully saturated rings. The molecule has 6 heteroatoms. The van der Waals surface area contributed by atoms with Gasteiger partial charge in [-0.05, 0) is 29.8 Å². The third kappa shape index (κ3) is 3.93. The molecular formula is C20H17Cl2NO3. The summed E-state index contributed by atoms with van der Waals surface area (Å²) in [5.41, 5.74) is 1.30. The lowest BCUT2D eigenvalue weighted by molar-refractivity contribution is 0.218. The van der Waals surface area contributed by atoms with Crippen molar-refractivity contribution in [2.45, 2.75) is 12.6 Å². The van der Waals surface area contributed by atoms with Crippen LogP contribution in [0.2, 0.25) is 10.0 Å². The molecule has 1 N–H and O–H groups in total. The second kappa shape index (κ2) is 7.96. The third-order valence-corrected chi connectivity index (χ3v) is 4.76. The molecule has 0 spiro atoms. The first-order valence-electron chi connectivity index (χ1n) is 7.94. The zero-order valence-electron chi connectivity index (χ0n) is 14.0. The van der Waals surface area contributed by atoms with E-state index in [4.69, 9.17) is 27.9 Å². The second-order valence-electron chi connectivity index (χ2n) is 5.82. The third-order valence-electron chi connectivity index (χ3n) is 4.10. The minimum Gasteiger partial charge on any atom is -0.497 e. The Bertz CT molecular complexity index is 947. The van der Waals surface area contributed by atoms with E-state index in [0.717, 1.165) is 11.3 Å². The maximum Gasteiger partial charge on any atom is 0.187 e. The van der Waals surface area contributed by atoms with E-state index in [0.29, 0.717) is 22.2 Å². The lowest BCUT2D eigenvalue weighted by Gasteiger charge is -2.16. The normalized spacial score (nSPS) is 12.0. The Kier molecular flexibility index (Phi) is 5.67. The summed E-state index contributed by atoms with van der Waals surface area (Å²) in [7, 11) is 1.62. The smallest absolute Gasteiger partial charge is 0.187 e. The van der Waals surface area contributed by atoms with Crippen LogP contribution in [0.3, 0.4) is 0 Å². The van der Waals surface area contributed by atoms with Crippen LogP contribution in [-0.4, -0.2) is 16.8 Å². The van der Waals surface area contributed by atoms with Crippen molar-refractivity contribution in [3.8, 4) is 5.75 Å². The first-order chi connectivity index (χ1) is 12.5. The number of nitrogens with zero attached hydrogens (tertiary/aromatic N) is 1. The van der Waals surface area contributed by atoms with Crippen molar-refractivity contribution in [2.75, 3.05) is 7.11 Å². The molecule has 2 aromatic carbocycles. The van der Waals surface area contributed by atoms with Crippen LogP contribution < -0.4 is 10.2 Å². The predicted molar refractivity (Wildman–Crippen MR) is 103 cm³/mol. The molecule has 0 saturated carbocycles. The van der Waals surface area contributed by atoms with Gasteiger partial charge in [0.2, 0.25) is 0 Å². The summed E-state index contributed by atoms with van der Waals surface area (Å²) < 4.78 is 6.98. The topological polar surface area (TPSA) is 51.5 Å². The number of hydrogen-bond donors (Lipinski definition) is 1. The molecule has 0 saturated heterocycles. The van der Waals surface area contributed by atoms with Crippen LogP contribution in [0.5, 0.6) is 5.75 Å². The summed E-state index contributed by atoms with van der Waals surface area (Å²) in [6.07, 6.45) is 2.10. The zero-order chi connectivity index (χ0) is 18.7. The maximum absolute atomic E-state index is 12.3. The number of ether oxygens (including phenoxy) is 1. The van der Waals surface area contributed by atoms with Gasteiger partial charge in [0.25, 0.3) is 0 Å². The maximum atomic E-state index is 12.3. The van der Waals surface area contributed by atoms with E-state index in [9.17, 15) is 9.90 Å². The Hall–Kier alpha value is -2.27. The highest BCUT2D eigenvalue weighted by atomic mass is 35.5. The minimum atomic E-state index is -1.20. The van der Waals surface area contributed by atoms with Gasteiger partial charge in [0.1, 0.15) is 11.9 Å². The fourth-order valence-electron chi connectivity index (χ4n) is 2.72. The van der Waals surface area contributed by atoms with Crippen molar-refractivity contribution in [3.05, 3.63) is 97.9 Å². The molecular weight excluding hydrogens is 373 g/mol. The summed E-state index contributed by atoms with van der Waals surface area (Å²) in [4.78, 5) is 12.3. The van der Waals surface area contributed by atoms with E-state index in [1.54, 1.807) is 37.7 Å². The van der Waals surface area contributed by atoms with Gasteiger partial charge in [0.05, 0.1) is 7.11 Å². The number of aliphatic hydroxyl groups excluding tert-OH is 1. The summed E-state index contributed by atoms with van der Waals surface area (Å²) in [6, 6.07) is 14.0. The number of rotatable bonds is 5. The molecule has 134 valence electrons. The molecule has 0 aliphatic heterocycles. The summed E-state index contributed by atoms with van der Waals surface area (Å²) in [5.74, 6) is 0.776. The molecule has 1 atom stereocenters. The lowest BCUT2D eigenvalue weighted by Crippen LogP contribution is -2.17. The number of halogens is 2. The molecule has 3 aromatic rings. The van der Waals surface area contributed by atoms with Crippen LogP contribution in [0.25, 0.3) is 0 Å². The fourth-order valence-corrected chi connectivity index (χ4v) is 3.32. The van der Waals surface area contributed by atoms with Crippen molar-refractivity contribution in [1.29, 1.82) is 0 Å².